The first-order valence-corrected chi connectivity index (χ1v) is 9.71. The number of ketones is 1. The summed E-state index contributed by atoms with van der Waals surface area (Å²) >= 11 is 6.01. The molecule has 1 amide bonds. The van der Waals surface area contributed by atoms with E-state index in [4.69, 9.17) is 11.6 Å². The minimum atomic E-state index is -1.16. The molecule has 1 fully saturated rings. The number of halogens is 1. The highest BCUT2D eigenvalue weighted by molar-refractivity contribution is 6.51. The number of rotatable bonds is 4. The molecule has 7 heteroatoms. The van der Waals surface area contributed by atoms with E-state index in [-0.39, 0.29) is 22.6 Å². The lowest BCUT2D eigenvalue weighted by atomic mass is 9.95. The lowest BCUT2D eigenvalue weighted by molar-refractivity contribution is -0.132. The maximum atomic E-state index is 13.0. The van der Waals surface area contributed by atoms with Crippen LogP contribution in [0.2, 0.25) is 5.02 Å². The Morgan fingerprint density at radius 2 is 1.48 bits per heavy atom. The molecular weight excluding hydrogens is 418 g/mol. The van der Waals surface area contributed by atoms with Gasteiger partial charge in [0.15, 0.2) is 0 Å². The standard InChI is InChI=1S/C24H16ClNO5/c25-17-11-9-14(10-12-17)20-19(21(27)15-5-2-1-3-6-15)22(28)23(29)26(20)18-8-4-7-16(13-18)24(30)31/h1-13,20,27H,(H,30,31)/t20-/m0/s1. The second kappa shape index (κ2) is 8.08. The number of aliphatic hydroxyl groups excluding tert-OH is 1. The van der Waals surface area contributed by atoms with Crippen molar-refractivity contribution in [2.45, 2.75) is 6.04 Å². The molecule has 6 nitrogen and oxygen atoms in total. The molecule has 0 unspecified atom stereocenters. The third kappa shape index (κ3) is 3.69. The number of nitrogens with zero attached hydrogens (tertiary/aromatic N) is 1. The highest BCUT2D eigenvalue weighted by atomic mass is 35.5. The Balaban J connectivity index is 1.95. The third-order valence-electron chi connectivity index (χ3n) is 5.05. The highest BCUT2D eigenvalue weighted by Gasteiger charge is 2.47. The van der Waals surface area contributed by atoms with Crippen molar-refractivity contribution in [3.05, 3.63) is 106 Å². The minimum absolute atomic E-state index is 0.0303. The van der Waals surface area contributed by atoms with Crippen LogP contribution in [-0.4, -0.2) is 27.9 Å². The number of anilines is 1. The van der Waals surface area contributed by atoms with E-state index in [1.807, 2.05) is 0 Å². The van der Waals surface area contributed by atoms with Crippen molar-refractivity contribution in [1.29, 1.82) is 0 Å². The fourth-order valence-electron chi connectivity index (χ4n) is 3.60. The van der Waals surface area contributed by atoms with Gasteiger partial charge in [0.1, 0.15) is 5.76 Å². The molecule has 0 bridgehead atoms. The minimum Gasteiger partial charge on any atom is -0.507 e. The van der Waals surface area contributed by atoms with Gasteiger partial charge in [0.2, 0.25) is 0 Å². The van der Waals surface area contributed by atoms with E-state index in [0.29, 0.717) is 16.1 Å². The molecule has 1 heterocycles. The molecule has 4 rings (SSSR count). The number of aromatic carboxylic acids is 1. The Morgan fingerprint density at radius 3 is 2.13 bits per heavy atom. The molecule has 0 spiro atoms. The second-order valence-electron chi connectivity index (χ2n) is 6.94. The summed E-state index contributed by atoms with van der Waals surface area (Å²) in [6.45, 7) is 0. The predicted molar refractivity (Wildman–Crippen MR) is 116 cm³/mol. The quantitative estimate of drug-likeness (QED) is 0.354. The van der Waals surface area contributed by atoms with E-state index in [0.717, 1.165) is 0 Å². The van der Waals surface area contributed by atoms with E-state index in [1.165, 1.54) is 23.1 Å². The molecule has 2 N–H and O–H groups in total. The van der Waals surface area contributed by atoms with Crippen molar-refractivity contribution in [3.63, 3.8) is 0 Å². The first-order valence-electron chi connectivity index (χ1n) is 9.33. The Bertz CT molecular complexity index is 1220. The Labute approximate surface area is 182 Å². The number of carboxylic acid groups (broad SMARTS) is 1. The van der Waals surface area contributed by atoms with Crippen molar-refractivity contribution in [2.24, 2.45) is 0 Å². The van der Waals surface area contributed by atoms with Crippen molar-refractivity contribution in [2.75, 3.05) is 4.90 Å². The van der Waals surface area contributed by atoms with E-state index < -0.39 is 23.7 Å². The van der Waals surface area contributed by atoms with Crippen LogP contribution in [0.4, 0.5) is 5.69 Å². The molecule has 154 valence electrons. The molecule has 0 saturated carbocycles. The summed E-state index contributed by atoms with van der Waals surface area (Å²) in [5.74, 6) is -3.19. The van der Waals surface area contributed by atoms with Crippen LogP contribution in [0, 0.1) is 0 Å². The zero-order valence-electron chi connectivity index (χ0n) is 16.0. The number of hydrogen-bond donors (Lipinski definition) is 2. The number of benzene rings is 3. The maximum absolute atomic E-state index is 13.0. The summed E-state index contributed by atoms with van der Waals surface area (Å²) in [5, 5.41) is 20.8. The number of carbonyl (C=O) groups excluding carboxylic acids is 2. The molecule has 0 radical (unpaired) electrons. The van der Waals surface area contributed by atoms with Gasteiger partial charge in [-0.05, 0) is 35.9 Å². The lowest BCUT2D eigenvalue weighted by Crippen LogP contribution is -2.29. The monoisotopic (exact) mass is 433 g/mol. The van der Waals surface area contributed by atoms with Gasteiger partial charge in [0, 0.05) is 16.3 Å². The number of Topliss-reactive ketones (excluding diaryl/α,β-unsaturated/α-hetero) is 1. The van der Waals surface area contributed by atoms with E-state index >= 15 is 0 Å². The van der Waals surface area contributed by atoms with Crippen molar-refractivity contribution < 1.29 is 24.6 Å². The Hall–Kier alpha value is -3.90. The summed E-state index contributed by atoms with van der Waals surface area (Å²) < 4.78 is 0. The van der Waals surface area contributed by atoms with Gasteiger partial charge in [-0.15, -0.1) is 0 Å². The zero-order chi connectivity index (χ0) is 22.1. The van der Waals surface area contributed by atoms with Gasteiger partial charge in [-0.3, -0.25) is 14.5 Å². The van der Waals surface area contributed by atoms with Crippen LogP contribution in [0.1, 0.15) is 27.5 Å². The number of aliphatic hydroxyl groups is 1. The topological polar surface area (TPSA) is 94.9 Å². The van der Waals surface area contributed by atoms with Crippen LogP contribution in [0.15, 0.2) is 84.4 Å². The lowest BCUT2D eigenvalue weighted by Gasteiger charge is -2.25. The molecule has 1 aliphatic heterocycles. The van der Waals surface area contributed by atoms with Gasteiger partial charge >= 0.3 is 5.97 Å². The van der Waals surface area contributed by atoms with E-state index in [1.54, 1.807) is 60.7 Å². The SMILES string of the molecule is O=C1C(=O)N(c2cccc(C(=O)O)c2)[C@@H](c2ccc(Cl)cc2)C1=C(O)c1ccccc1. The number of carboxylic acids is 1. The number of amides is 1. The van der Waals surface area contributed by atoms with Gasteiger partial charge in [0.05, 0.1) is 17.2 Å². The molecule has 31 heavy (non-hydrogen) atoms. The molecule has 3 aromatic carbocycles. The Kier molecular flexibility index (Phi) is 5.31. The van der Waals surface area contributed by atoms with Crippen LogP contribution in [0.25, 0.3) is 5.76 Å². The molecular formula is C24H16ClNO5. The van der Waals surface area contributed by atoms with Gasteiger partial charge in [-0.2, -0.15) is 0 Å². The van der Waals surface area contributed by atoms with E-state index in [2.05, 4.69) is 0 Å². The maximum Gasteiger partial charge on any atom is 0.335 e. The molecule has 0 aliphatic carbocycles. The molecule has 3 aromatic rings. The van der Waals surface area contributed by atoms with Crippen molar-refractivity contribution >= 4 is 40.7 Å². The van der Waals surface area contributed by atoms with Crippen molar-refractivity contribution in [3.8, 4) is 0 Å². The molecule has 1 aliphatic rings. The first-order chi connectivity index (χ1) is 14.9. The second-order valence-corrected chi connectivity index (χ2v) is 7.38. The van der Waals surface area contributed by atoms with Crippen LogP contribution < -0.4 is 4.90 Å². The average Bonchev–Trinajstić information content (AvgIpc) is 3.05. The Morgan fingerprint density at radius 1 is 0.839 bits per heavy atom. The van der Waals surface area contributed by atoms with Crippen LogP contribution in [-0.2, 0) is 9.59 Å². The summed E-state index contributed by atoms with van der Waals surface area (Å²) in [6, 6.07) is 19.8. The molecule has 1 saturated heterocycles. The zero-order valence-corrected chi connectivity index (χ0v) is 16.8. The van der Waals surface area contributed by atoms with Crippen molar-refractivity contribution in [1.82, 2.24) is 0 Å². The summed E-state index contributed by atoms with van der Waals surface area (Å²) in [6.07, 6.45) is 0. The third-order valence-corrected chi connectivity index (χ3v) is 5.30. The fraction of sp³-hybridized carbons (Fsp3) is 0.0417. The average molecular weight is 434 g/mol. The highest BCUT2D eigenvalue weighted by Crippen LogP contribution is 2.42. The summed E-state index contributed by atoms with van der Waals surface area (Å²) in [5.41, 5.74) is 1.05. The summed E-state index contributed by atoms with van der Waals surface area (Å²) in [7, 11) is 0. The number of carbonyl (C=O) groups is 3. The van der Waals surface area contributed by atoms with Gasteiger partial charge in [-0.25, -0.2) is 4.79 Å². The van der Waals surface area contributed by atoms with Crippen LogP contribution in [0.3, 0.4) is 0 Å². The van der Waals surface area contributed by atoms with E-state index in [9.17, 15) is 24.6 Å². The van der Waals surface area contributed by atoms with Gasteiger partial charge in [-0.1, -0.05) is 60.1 Å². The van der Waals surface area contributed by atoms with Crippen LogP contribution in [0.5, 0.6) is 0 Å². The summed E-state index contributed by atoms with van der Waals surface area (Å²) in [4.78, 5) is 38.7. The van der Waals surface area contributed by atoms with Crippen LogP contribution >= 0.6 is 11.6 Å². The predicted octanol–water partition coefficient (Wildman–Crippen LogP) is 4.66. The normalized spacial score (nSPS) is 17.7. The smallest absolute Gasteiger partial charge is 0.335 e. The van der Waals surface area contributed by atoms with Gasteiger partial charge in [0.25, 0.3) is 11.7 Å². The molecule has 0 aromatic heterocycles. The number of hydrogen-bond acceptors (Lipinski definition) is 4. The first kappa shape index (κ1) is 20.4. The van der Waals surface area contributed by atoms with Gasteiger partial charge < -0.3 is 10.2 Å². The largest absolute Gasteiger partial charge is 0.507 e. The molecule has 1 atom stereocenters. The fourth-order valence-corrected chi connectivity index (χ4v) is 3.73.